The molecule has 0 spiro atoms. The first kappa shape index (κ1) is 34.6. The molecule has 6 aliphatic heterocycles. The zero-order valence-electron chi connectivity index (χ0n) is 29.2. The molecule has 0 aromatic heterocycles. The highest BCUT2D eigenvalue weighted by atomic mass is 16.5. The van der Waals surface area contributed by atoms with E-state index in [-0.39, 0.29) is 11.8 Å². The second-order valence-corrected chi connectivity index (χ2v) is 14.6. The molecule has 6 fully saturated rings. The molecular weight excluding hydrogens is 616 g/mol. The third-order valence-corrected chi connectivity index (χ3v) is 11.7. The number of piperidine rings is 2. The number of nitrogens with zero attached hydrogens (tertiary/aromatic N) is 5. The first-order valence-electron chi connectivity index (χ1n) is 18.9. The molecule has 2 aromatic carbocycles. The van der Waals surface area contributed by atoms with Gasteiger partial charge in [-0.2, -0.15) is 0 Å². The van der Waals surface area contributed by atoms with E-state index in [0.717, 1.165) is 110 Å². The van der Waals surface area contributed by atoms with Crippen molar-refractivity contribution in [2.24, 2.45) is 11.8 Å². The molecule has 10 nitrogen and oxygen atoms in total. The largest absolute Gasteiger partial charge is 0.378 e. The fraction of sp³-hybridized carbons (Fsp3) is 0.641. The Kier molecular flexibility index (Phi) is 11.9. The van der Waals surface area contributed by atoms with Gasteiger partial charge in [-0.3, -0.25) is 24.3 Å². The summed E-state index contributed by atoms with van der Waals surface area (Å²) in [4.78, 5) is 36.9. The molecule has 0 saturated carbocycles. The van der Waals surface area contributed by atoms with Crippen LogP contribution in [0.15, 0.2) is 60.7 Å². The van der Waals surface area contributed by atoms with E-state index in [1.807, 2.05) is 9.80 Å². The summed E-state index contributed by atoms with van der Waals surface area (Å²) in [6.45, 7) is 14.6. The Morgan fingerprint density at radius 3 is 1.37 bits per heavy atom. The summed E-state index contributed by atoms with van der Waals surface area (Å²) >= 11 is 0. The standard InChI is InChI=1S/C26H33N3O2.C13H23N3O2/c30-26(28-15-17-31-18-16-28)23-11-13-27(14-12-23)24-19-29(20-24)25(21-7-3-1-4-8-21)22-9-5-2-6-10-22;17-13(16-5-7-18-8-6-16)11-1-3-15(4-2-11)12-9-14-10-12/h1-10,23-25H,11-20H2;11-12,14H,1-10H2. The molecule has 6 saturated heterocycles. The quantitative estimate of drug-likeness (QED) is 0.481. The molecule has 0 unspecified atom stereocenters. The maximum absolute atomic E-state index is 12.8. The van der Waals surface area contributed by atoms with Crippen LogP contribution in [0, 0.1) is 11.8 Å². The SMILES string of the molecule is O=C(C1CCN(C2CN(C(c3ccccc3)c3ccccc3)C2)CC1)N1CCOCC1.O=C(C1CCN(C2CNC2)CC1)N1CCOCC1. The van der Waals surface area contributed by atoms with Gasteiger partial charge in [0.05, 0.1) is 32.5 Å². The number of morpholine rings is 2. The topological polar surface area (TPSA) is 80.8 Å². The van der Waals surface area contributed by atoms with E-state index in [1.165, 1.54) is 11.1 Å². The molecule has 0 radical (unpaired) electrons. The van der Waals surface area contributed by atoms with Crippen molar-refractivity contribution in [3.8, 4) is 0 Å². The van der Waals surface area contributed by atoms with Crippen molar-refractivity contribution in [2.45, 2.75) is 43.8 Å². The third kappa shape index (κ3) is 8.55. The summed E-state index contributed by atoms with van der Waals surface area (Å²) in [5, 5.41) is 3.31. The van der Waals surface area contributed by atoms with Gasteiger partial charge in [-0.1, -0.05) is 60.7 Å². The monoisotopic (exact) mass is 672 g/mol. The predicted octanol–water partition coefficient (Wildman–Crippen LogP) is 2.56. The lowest BCUT2D eigenvalue weighted by molar-refractivity contribution is -0.142. The predicted molar refractivity (Wildman–Crippen MR) is 190 cm³/mol. The van der Waals surface area contributed by atoms with Gasteiger partial charge in [0.25, 0.3) is 0 Å². The Balaban J connectivity index is 0.000000178. The van der Waals surface area contributed by atoms with Crippen molar-refractivity contribution in [1.82, 2.24) is 29.8 Å². The zero-order chi connectivity index (χ0) is 33.4. The van der Waals surface area contributed by atoms with Crippen LogP contribution in [0.25, 0.3) is 0 Å². The minimum Gasteiger partial charge on any atom is -0.378 e. The Labute approximate surface area is 292 Å². The van der Waals surface area contributed by atoms with Crippen molar-refractivity contribution < 1.29 is 19.1 Å². The van der Waals surface area contributed by atoms with Gasteiger partial charge < -0.3 is 24.6 Å². The number of hydrogen-bond donors (Lipinski definition) is 1. The van der Waals surface area contributed by atoms with Gasteiger partial charge in [-0.25, -0.2) is 0 Å². The molecule has 10 heteroatoms. The minimum atomic E-state index is 0.201. The normalized spacial score (nSPS) is 24.2. The average Bonchev–Trinajstić information content (AvgIpc) is 3.14. The fourth-order valence-corrected chi connectivity index (χ4v) is 8.45. The molecular formula is C39H56N6O4. The van der Waals surface area contributed by atoms with E-state index in [9.17, 15) is 9.59 Å². The Morgan fingerprint density at radius 2 is 0.980 bits per heavy atom. The molecule has 6 aliphatic rings. The van der Waals surface area contributed by atoms with Crippen LogP contribution in [0.1, 0.15) is 42.9 Å². The van der Waals surface area contributed by atoms with Crippen LogP contribution < -0.4 is 5.32 Å². The summed E-state index contributed by atoms with van der Waals surface area (Å²) in [6, 6.07) is 23.4. The minimum absolute atomic E-state index is 0.201. The van der Waals surface area contributed by atoms with Crippen LogP contribution in [-0.4, -0.2) is 153 Å². The summed E-state index contributed by atoms with van der Waals surface area (Å²) < 4.78 is 10.7. The number of carbonyl (C=O) groups excluding carboxylic acids is 2. The Morgan fingerprint density at radius 1 is 0.571 bits per heavy atom. The van der Waals surface area contributed by atoms with Crippen molar-refractivity contribution in [2.75, 3.05) is 105 Å². The smallest absolute Gasteiger partial charge is 0.225 e. The van der Waals surface area contributed by atoms with Crippen molar-refractivity contribution >= 4 is 11.8 Å². The Hall–Kier alpha value is -2.86. The van der Waals surface area contributed by atoms with Crippen LogP contribution in [0.4, 0.5) is 0 Å². The summed E-state index contributed by atoms with van der Waals surface area (Å²) in [5.74, 6) is 1.18. The van der Waals surface area contributed by atoms with Crippen LogP contribution in [0.2, 0.25) is 0 Å². The highest BCUT2D eigenvalue weighted by Gasteiger charge is 2.40. The van der Waals surface area contributed by atoms with Crippen LogP contribution in [0.3, 0.4) is 0 Å². The van der Waals surface area contributed by atoms with E-state index >= 15 is 0 Å². The number of ether oxygens (including phenoxy) is 2. The maximum Gasteiger partial charge on any atom is 0.225 e. The highest BCUT2D eigenvalue weighted by Crippen LogP contribution is 2.35. The molecule has 6 heterocycles. The third-order valence-electron chi connectivity index (χ3n) is 11.7. The summed E-state index contributed by atoms with van der Waals surface area (Å²) in [7, 11) is 0. The molecule has 0 bridgehead atoms. The molecule has 0 aliphatic carbocycles. The van der Waals surface area contributed by atoms with Gasteiger partial charge >= 0.3 is 0 Å². The van der Waals surface area contributed by atoms with Crippen molar-refractivity contribution in [3.05, 3.63) is 71.8 Å². The first-order chi connectivity index (χ1) is 24.1. The molecule has 2 amide bonds. The second-order valence-electron chi connectivity index (χ2n) is 14.6. The zero-order valence-corrected chi connectivity index (χ0v) is 29.2. The van der Waals surface area contributed by atoms with Gasteiger partial charge in [0.15, 0.2) is 0 Å². The number of amides is 2. The summed E-state index contributed by atoms with van der Waals surface area (Å²) in [5.41, 5.74) is 2.73. The molecule has 8 rings (SSSR count). The number of likely N-dealkylation sites (tertiary alicyclic amines) is 3. The van der Waals surface area contributed by atoms with E-state index in [1.54, 1.807) is 0 Å². The number of carbonyl (C=O) groups is 2. The number of rotatable bonds is 7. The lowest BCUT2D eigenvalue weighted by Crippen LogP contribution is -2.61. The van der Waals surface area contributed by atoms with E-state index < -0.39 is 0 Å². The molecule has 266 valence electrons. The van der Waals surface area contributed by atoms with Crippen molar-refractivity contribution in [1.29, 1.82) is 0 Å². The molecule has 2 aromatic rings. The van der Waals surface area contributed by atoms with E-state index in [4.69, 9.17) is 9.47 Å². The second kappa shape index (κ2) is 16.9. The lowest BCUT2D eigenvalue weighted by atomic mass is 9.90. The van der Waals surface area contributed by atoms with E-state index in [0.29, 0.717) is 50.3 Å². The molecule has 0 atom stereocenters. The van der Waals surface area contributed by atoms with Crippen LogP contribution in [-0.2, 0) is 19.1 Å². The van der Waals surface area contributed by atoms with E-state index in [2.05, 4.69) is 80.7 Å². The maximum atomic E-state index is 12.8. The van der Waals surface area contributed by atoms with Crippen LogP contribution >= 0.6 is 0 Å². The highest BCUT2D eigenvalue weighted by molar-refractivity contribution is 5.79. The number of benzene rings is 2. The average molecular weight is 673 g/mol. The van der Waals surface area contributed by atoms with Crippen LogP contribution in [0.5, 0.6) is 0 Å². The molecule has 49 heavy (non-hydrogen) atoms. The summed E-state index contributed by atoms with van der Waals surface area (Å²) in [6.07, 6.45) is 4.06. The lowest BCUT2D eigenvalue weighted by Gasteiger charge is -2.50. The fourth-order valence-electron chi connectivity index (χ4n) is 8.45. The molecule has 1 N–H and O–H groups in total. The van der Waals surface area contributed by atoms with Gasteiger partial charge in [-0.15, -0.1) is 0 Å². The van der Waals surface area contributed by atoms with Gasteiger partial charge in [0.1, 0.15) is 0 Å². The van der Waals surface area contributed by atoms with Crippen molar-refractivity contribution in [3.63, 3.8) is 0 Å². The number of hydrogen-bond acceptors (Lipinski definition) is 8. The van der Waals surface area contributed by atoms with Gasteiger partial charge in [-0.05, 0) is 63.0 Å². The number of nitrogens with one attached hydrogen (secondary N) is 1. The Bertz CT molecular complexity index is 1270. The van der Waals surface area contributed by atoms with Gasteiger partial charge in [0.2, 0.25) is 11.8 Å². The van der Waals surface area contributed by atoms with Gasteiger partial charge in [0, 0.05) is 76.3 Å². The first-order valence-corrected chi connectivity index (χ1v) is 18.9.